The molecule has 29 heteroatoms. The number of carbonyl (C=O) groups excluding carboxylic acids is 7. The molecule has 0 saturated carbocycles. The van der Waals surface area contributed by atoms with Crippen LogP contribution >= 0.6 is 0 Å². The summed E-state index contributed by atoms with van der Waals surface area (Å²) in [7, 11) is 2.65. The number of rotatable bonds is 19. The van der Waals surface area contributed by atoms with Crippen LogP contribution in [0.15, 0.2) is 164 Å². The molecule has 25 nitrogen and oxygen atoms in total. The zero-order valence-electron chi connectivity index (χ0n) is 59.1. The van der Waals surface area contributed by atoms with E-state index in [0.29, 0.717) is 83.2 Å². The molecule has 4 amide bonds. The number of nitrogens with zero attached hydrogens (tertiary/aromatic N) is 6. The number of para-hydroxylation sites is 3. The summed E-state index contributed by atoms with van der Waals surface area (Å²) in [4.78, 5) is 122. The van der Waals surface area contributed by atoms with E-state index in [4.69, 9.17) is 35.6 Å². The zero-order chi connectivity index (χ0) is 75.4. The first-order chi connectivity index (χ1) is 50.3. The molecule has 3 aliphatic rings. The normalized spacial score (nSPS) is 11.6. The molecule has 0 radical (unpaired) electrons. The van der Waals surface area contributed by atoms with E-state index in [1.54, 1.807) is 72.8 Å². The number of anilines is 3. The number of alkyl carbamates (subject to hydrolysis) is 1. The average Bonchev–Trinajstić information content (AvgIpc) is 1.42. The second-order valence-electron chi connectivity index (χ2n) is 24.5. The van der Waals surface area contributed by atoms with Gasteiger partial charge in [0.2, 0.25) is 23.8 Å². The topological polar surface area (TPSA) is 392 Å². The van der Waals surface area contributed by atoms with E-state index in [1.807, 2.05) is 130 Å². The molecule has 107 heavy (non-hydrogen) atoms. The molecule has 12 rings (SSSR count). The van der Waals surface area contributed by atoms with E-state index in [9.17, 15) is 46.7 Å². The van der Waals surface area contributed by atoms with Crippen LogP contribution in [0.4, 0.5) is 35.0 Å². The Hall–Kier alpha value is -11.8. The number of alkyl halides is 3. The van der Waals surface area contributed by atoms with Gasteiger partial charge in [0.25, 0.3) is 17.7 Å². The monoisotopic (exact) mass is 1470 g/mol. The molecule has 3 aromatic heterocycles. The van der Waals surface area contributed by atoms with Gasteiger partial charge in [0.1, 0.15) is 5.60 Å². The quantitative estimate of drug-likeness (QED) is 0.0173. The van der Waals surface area contributed by atoms with Crippen LogP contribution in [-0.2, 0) is 91.5 Å². The predicted octanol–water partition coefficient (Wildman–Crippen LogP) is 8.47. The van der Waals surface area contributed by atoms with Crippen LogP contribution in [0.1, 0.15) is 120 Å². The number of carboxylic acid groups (broad SMARTS) is 1. The maximum Gasteiger partial charge on any atom is 1.00 e. The van der Waals surface area contributed by atoms with Gasteiger partial charge in [-0.05, 0) is 90.6 Å². The van der Waals surface area contributed by atoms with Crippen molar-refractivity contribution in [2.24, 2.45) is 11.5 Å². The fraction of sp³-hybridized carbons (Fsp3) is 0.205. The van der Waals surface area contributed by atoms with Crippen molar-refractivity contribution in [3.63, 3.8) is 0 Å². The van der Waals surface area contributed by atoms with Crippen LogP contribution in [0.5, 0.6) is 0 Å². The first-order valence-corrected chi connectivity index (χ1v) is 32.8. The van der Waals surface area contributed by atoms with Gasteiger partial charge in [0, 0.05) is 89.3 Å². The minimum atomic E-state index is -4.64. The largest absolute Gasteiger partial charge is 1.00 e. The van der Waals surface area contributed by atoms with Crippen molar-refractivity contribution < 1.29 is 106 Å². The third-order valence-electron chi connectivity index (χ3n) is 15.8. The number of aldehydes is 1. The summed E-state index contributed by atoms with van der Waals surface area (Å²) in [5, 5.41) is 20.3. The number of benzene rings is 6. The fourth-order valence-electron chi connectivity index (χ4n) is 10.9. The van der Waals surface area contributed by atoms with Gasteiger partial charge in [-0.1, -0.05) is 146 Å². The molecule has 0 saturated heterocycles. The number of methoxy groups -OCH3 is 2. The number of allylic oxidation sites excluding steroid dienone is 3. The van der Waals surface area contributed by atoms with Crippen LogP contribution in [0.25, 0.3) is 52.0 Å². The summed E-state index contributed by atoms with van der Waals surface area (Å²) >= 11 is 0. The number of carbonyl (C=O) groups is 8. The van der Waals surface area contributed by atoms with Crippen LogP contribution < -0.4 is 62.3 Å². The number of aromatic nitrogens is 6. The number of nitrogens with two attached hydrogens (primary N) is 2. The molecule has 0 atom stereocenters. The molecule has 6 aromatic carbocycles. The Labute approximate surface area is 635 Å². The van der Waals surface area contributed by atoms with Crippen molar-refractivity contribution in [3.05, 3.63) is 248 Å². The zero-order valence-corrected chi connectivity index (χ0v) is 61.1. The molecule has 546 valence electrons. The van der Waals surface area contributed by atoms with Crippen molar-refractivity contribution in [2.75, 3.05) is 30.2 Å². The Kier molecular flexibility index (Phi) is 29.5. The molecule has 3 heterocycles. The van der Waals surface area contributed by atoms with Crippen LogP contribution in [0.2, 0.25) is 0 Å². The first kappa shape index (κ1) is 82.5. The summed E-state index contributed by atoms with van der Waals surface area (Å²) < 4.78 is 46.1. The summed E-state index contributed by atoms with van der Waals surface area (Å²) in [5.74, 6) is -3.05. The Morgan fingerprint density at radius 2 is 0.822 bits per heavy atom. The summed E-state index contributed by atoms with van der Waals surface area (Å²) in [6.07, 6.45) is 7.39. The molecular formula is C78H74F3N12NaO13. The van der Waals surface area contributed by atoms with Gasteiger partial charge in [-0.2, -0.15) is 13.2 Å². The SMILES string of the molecule is COC(=O)Cc1ccccc1NC(=O)c1nc2c(c(-c3cccc(CN)c3)n1)C=CC2.COC(=O)Cc1ccccc1NC(=O)c1nc2c(c(-c3cccc(CNC(=O)OC(C)(C)C)c3)n1)C=CC2.NCc1cccc(-c2nc(C(=O)Nc3ccccc3CC(=O)O)nc3c2C=CC3)c1.O=CC(F)(F)F.[Na+].[OH-]. The molecular weight excluding hydrogens is 1390 g/mol. The van der Waals surface area contributed by atoms with Crippen molar-refractivity contribution in [3.8, 4) is 33.8 Å². The Bertz CT molecular complexity index is 4890. The number of carboxylic acids is 1. The van der Waals surface area contributed by atoms with E-state index in [2.05, 4.69) is 51.2 Å². The molecule has 0 fully saturated rings. The molecule has 0 aliphatic heterocycles. The van der Waals surface area contributed by atoms with Crippen molar-refractivity contribution in [2.45, 2.75) is 90.7 Å². The maximum absolute atomic E-state index is 13.2. The van der Waals surface area contributed by atoms with Crippen LogP contribution in [0.3, 0.4) is 0 Å². The molecule has 10 N–H and O–H groups in total. The first-order valence-electron chi connectivity index (χ1n) is 32.8. The van der Waals surface area contributed by atoms with E-state index < -0.39 is 53.8 Å². The maximum atomic E-state index is 13.2. The number of hydrogen-bond acceptors (Lipinski definition) is 20. The number of fused-ring (bicyclic) bond motifs is 3. The second-order valence-corrected chi connectivity index (χ2v) is 24.5. The molecule has 0 unspecified atom stereocenters. The average molecular weight is 1470 g/mol. The van der Waals surface area contributed by atoms with E-state index in [0.717, 1.165) is 67.2 Å². The number of halogens is 3. The minimum absolute atomic E-state index is 0. The van der Waals surface area contributed by atoms with Gasteiger partial charge in [-0.3, -0.25) is 33.6 Å². The Morgan fingerprint density at radius 3 is 1.14 bits per heavy atom. The molecule has 9 aromatic rings. The molecule has 0 bridgehead atoms. The van der Waals surface area contributed by atoms with E-state index in [1.165, 1.54) is 14.2 Å². The van der Waals surface area contributed by atoms with Gasteiger partial charge in [0.15, 0.2) is 0 Å². The van der Waals surface area contributed by atoms with E-state index in [-0.39, 0.29) is 84.3 Å². The summed E-state index contributed by atoms with van der Waals surface area (Å²) in [5.41, 5.74) is 26.5. The van der Waals surface area contributed by atoms with Gasteiger partial charge in [-0.15, -0.1) is 0 Å². The third-order valence-corrected chi connectivity index (χ3v) is 15.8. The van der Waals surface area contributed by atoms with Crippen molar-refractivity contribution in [1.29, 1.82) is 0 Å². The van der Waals surface area contributed by atoms with Crippen molar-refractivity contribution in [1.82, 2.24) is 35.2 Å². The molecule has 0 spiro atoms. The van der Waals surface area contributed by atoms with Crippen molar-refractivity contribution >= 4 is 83.3 Å². The number of esters is 2. The number of amides is 4. The van der Waals surface area contributed by atoms with Gasteiger partial charge < -0.3 is 57.5 Å². The number of aliphatic carboxylic acids is 1. The Balaban J connectivity index is 0.000000215. The van der Waals surface area contributed by atoms with Gasteiger partial charge in [0.05, 0.1) is 67.6 Å². The third kappa shape index (κ3) is 23.1. The molecule has 3 aliphatic carbocycles. The van der Waals surface area contributed by atoms with Crippen LogP contribution in [-0.4, -0.2) is 114 Å². The Morgan fingerprint density at radius 1 is 0.495 bits per heavy atom. The van der Waals surface area contributed by atoms with E-state index >= 15 is 0 Å². The standard InChI is InChI=1S/C29H30N4O5.C24H22N4O3.C23H20N4O3.C2HF3O.Na.H2O/c1-29(2,3)38-28(36)30-17-18-9-7-11-20(15-18)25-21-12-8-14-23(21)31-26(33-25)27(35)32-22-13-6-5-10-19(22)16-24(34)37-4;1-31-21(29)13-16-7-2-3-10-19(16)27-24(30)23-26-20-11-5-9-18(20)22(28-23)17-8-4-6-15(12-17)14-25;24-13-14-5-3-7-16(11-14)21-17-8-4-10-19(17)25-22(27-21)23(30)26-18-9-2-1-6-15(18)12-20(28)29;3-2(4,5)1-6;;/h5-13,15H,14,16-17H2,1-4H3,(H,30,36)(H,32,35);2-10,12H,11,13-14,25H2,1H3,(H,27,30);1-9,11H,10,12-13,24H2,(H,26,30)(H,28,29);1H;;1H2/q;;;;+1;/p-1. The number of hydrogen-bond donors (Lipinski definition) is 7. The number of nitrogens with one attached hydrogen (secondary N) is 4. The smallest absolute Gasteiger partial charge is 0.870 e. The fourth-order valence-corrected chi connectivity index (χ4v) is 10.9. The number of ether oxygens (including phenoxy) is 3. The summed E-state index contributed by atoms with van der Waals surface area (Å²) in [6, 6.07) is 44.0. The van der Waals surface area contributed by atoms with Crippen LogP contribution in [0, 0.1) is 0 Å². The second kappa shape index (κ2) is 38.3. The minimum Gasteiger partial charge on any atom is -0.870 e. The summed E-state index contributed by atoms with van der Waals surface area (Å²) in [6.45, 7) is 6.52. The van der Waals surface area contributed by atoms with Gasteiger partial charge in [-0.25, -0.2) is 34.7 Å². The predicted molar refractivity (Wildman–Crippen MR) is 389 cm³/mol. The van der Waals surface area contributed by atoms with Gasteiger partial charge >= 0.3 is 59.7 Å².